The van der Waals surface area contributed by atoms with Crippen molar-refractivity contribution in [2.24, 2.45) is 11.1 Å². The Labute approximate surface area is 105 Å². The number of rotatable bonds is 4. The average Bonchev–Trinajstić information content (AvgIpc) is 2.21. The summed E-state index contributed by atoms with van der Waals surface area (Å²) in [4.78, 5) is 1.90. The number of nitrogens with zero attached hydrogens (tertiary/aromatic N) is 1. The molecule has 1 aromatic rings. The Hall–Kier alpha value is -0.610. The Balaban J connectivity index is 2.88. The first-order valence-electron chi connectivity index (χ1n) is 5.22. The van der Waals surface area contributed by atoms with Crippen molar-refractivity contribution in [1.29, 1.82) is 0 Å². The van der Waals surface area contributed by atoms with E-state index in [0.29, 0.717) is 12.2 Å². The topological polar surface area (TPSA) is 29.3 Å². The van der Waals surface area contributed by atoms with Crippen molar-refractivity contribution in [3.8, 4) is 0 Å². The largest absolute Gasteiger partial charge is 0.372 e. The van der Waals surface area contributed by atoms with Gasteiger partial charge in [0.2, 0.25) is 0 Å². The van der Waals surface area contributed by atoms with Gasteiger partial charge in [-0.05, 0) is 30.2 Å². The first-order valence-corrected chi connectivity index (χ1v) is 6.01. The highest BCUT2D eigenvalue weighted by molar-refractivity contribution is 9.10. The van der Waals surface area contributed by atoms with Crippen LogP contribution in [-0.2, 0) is 0 Å². The Morgan fingerprint density at radius 2 is 2.06 bits per heavy atom. The molecule has 1 rings (SSSR count). The van der Waals surface area contributed by atoms with Gasteiger partial charge in [0.1, 0.15) is 5.82 Å². The molecular formula is C12H18BrFN2. The summed E-state index contributed by atoms with van der Waals surface area (Å²) >= 11 is 3.34. The van der Waals surface area contributed by atoms with E-state index in [-0.39, 0.29) is 11.2 Å². The van der Waals surface area contributed by atoms with Crippen LogP contribution in [0.5, 0.6) is 0 Å². The van der Waals surface area contributed by atoms with Gasteiger partial charge in [0.15, 0.2) is 0 Å². The molecule has 0 fully saturated rings. The second kappa shape index (κ2) is 5.15. The minimum absolute atomic E-state index is 0.0243. The smallest absolute Gasteiger partial charge is 0.146 e. The second-order valence-electron chi connectivity index (χ2n) is 4.82. The molecule has 0 saturated heterocycles. The van der Waals surface area contributed by atoms with E-state index in [2.05, 4.69) is 29.8 Å². The normalized spacial score (nSPS) is 11.6. The highest BCUT2D eigenvalue weighted by atomic mass is 79.9. The maximum absolute atomic E-state index is 13.6. The summed E-state index contributed by atoms with van der Waals surface area (Å²) in [5.41, 5.74) is 6.24. The van der Waals surface area contributed by atoms with Crippen molar-refractivity contribution >= 4 is 21.6 Å². The zero-order valence-corrected chi connectivity index (χ0v) is 11.5. The fourth-order valence-electron chi connectivity index (χ4n) is 1.57. The van der Waals surface area contributed by atoms with Gasteiger partial charge in [-0.25, -0.2) is 4.39 Å². The Morgan fingerprint density at radius 3 is 2.62 bits per heavy atom. The molecule has 16 heavy (non-hydrogen) atoms. The fourth-order valence-corrected chi connectivity index (χ4v) is 1.92. The van der Waals surface area contributed by atoms with Crippen LogP contribution in [0.4, 0.5) is 10.1 Å². The van der Waals surface area contributed by atoms with Crippen LogP contribution >= 0.6 is 15.9 Å². The first-order chi connectivity index (χ1) is 7.35. The third-order valence-electron chi connectivity index (χ3n) is 2.54. The molecule has 2 nitrogen and oxygen atoms in total. The van der Waals surface area contributed by atoms with Gasteiger partial charge < -0.3 is 10.6 Å². The van der Waals surface area contributed by atoms with Crippen LogP contribution in [0.15, 0.2) is 22.7 Å². The molecule has 0 atom stereocenters. The maximum Gasteiger partial charge on any atom is 0.146 e. The van der Waals surface area contributed by atoms with E-state index in [1.807, 2.05) is 11.9 Å². The number of hydrogen-bond donors (Lipinski definition) is 1. The lowest BCUT2D eigenvalue weighted by Gasteiger charge is -2.30. The maximum atomic E-state index is 13.6. The van der Waals surface area contributed by atoms with Crippen LogP contribution in [0.3, 0.4) is 0 Å². The third-order valence-corrected chi connectivity index (χ3v) is 3.03. The summed E-state index contributed by atoms with van der Waals surface area (Å²) in [5.74, 6) is -0.210. The minimum Gasteiger partial charge on any atom is -0.372 e. The van der Waals surface area contributed by atoms with Crippen LogP contribution in [0.1, 0.15) is 13.8 Å². The third kappa shape index (κ3) is 3.46. The number of anilines is 1. The molecule has 0 aliphatic rings. The summed E-state index contributed by atoms with van der Waals surface area (Å²) in [5, 5.41) is 0. The van der Waals surface area contributed by atoms with E-state index in [0.717, 1.165) is 11.0 Å². The van der Waals surface area contributed by atoms with E-state index < -0.39 is 0 Å². The van der Waals surface area contributed by atoms with Crippen molar-refractivity contribution in [1.82, 2.24) is 0 Å². The molecular weight excluding hydrogens is 271 g/mol. The number of hydrogen-bond acceptors (Lipinski definition) is 2. The van der Waals surface area contributed by atoms with Crippen LogP contribution in [0.25, 0.3) is 0 Å². The Morgan fingerprint density at radius 1 is 1.44 bits per heavy atom. The number of halogens is 2. The molecule has 0 saturated carbocycles. The summed E-state index contributed by atoms with van der Waals surface area (Å²) in [6.45, 7) is 5.43. The molecule has 0 heterocycles. The van der Waals surface area contributed by atoms with Crippen molar-refractivity contribution < 1.29 is 4.39 Å². The van der Waals surface area contributed by atoms with E-state index in [1.54, 1.807) is 12.1 Å². The molecule has 90 valence electrons. The van der Waals surface area contributed by atoms with Crippen LogP contribution in [0.2, 0.25) is 0 Å². The molecule has 0 spiro atoms. The second-order valence-corrected chi connectivity index (χ2v) is 5.74. The van der Waals surface area contributed by atoms with Crippen LogP contribution in [0, 0.1) is 11.2 Å². The van der Waals surface area contributed by atoms with Gasteiger partial charge in [-0.3, -0.25) is 0 Å². The molecule has 0 amide bonds. The van der Waals surface area contributed by atoms with Gasteiger partial charge in [0, 0.05) is 18.1 Å². The lowest BCUT2D eigenvalue weighted by Crippen LogP contribution is -2.37. The zero-order chi connectivity index (χ0) is 12.3. The molecule has 0 aliphatic heterocycles. The molecule has 0 unspecified atom stereocenters. The zero-order valence-electron chi connectivity index (χ0n) is 9.93. The highest BCUT2D eigenvalue weighted by Gasteiger charge is 2.19. The number of benzene rings is 1. The van der Waals surface area contributed by atoms with Gasteiger partial charge in [-0.15, -0.1) is 0 Å². The Kier molecular flexibility index (Phi) is 4.33. The SMILES string of the molecule is CN(CC(C)(C)CN)c1cc(Br)ccc1F. The van der Waals surface area contributed by atoms with Crippen LogP contribution in [-0.4, -0.2) is 20.1 Å². The summed E-state index contributed by atoms with van der Waals surface area (Å²) in [6.07, 6.45) is 0. The molecule has 4 heteroatoms. The molecule has 0 radical (unpaired) electrons. The lowest BCUT2D eigenvalue weighted by molar-refractivity contribution is 0.383. The van der Waals surface area contributed by atoms with E-state index in [9.17, 15) is 4.39 Å². The quantitative estimate of drug-likeness (QED) is 0.923. The van der Waals surface area contributed by atoms with E-state index >= 15 is 0 Å². The summed E-state index contributed by atoms with van der Waals surface area (Å²) < 4.78 is 14.5. The van der Waals surface area contributed by atoms with Gasteiger partial charge in [0.25, 0.3) is 0 Å². The first kappa shape index (κ1) is 13.5. The fraction of sp³-hybridized carbons (Fsp3) is 0.500. The average molecular weight is 289 g/mol. The number of nitrogens with two attached hydrogens (primary N) is 1. The monoisotopic (exact) mass is 288 g/mol. The van der Waals surface area contributed by atoms with Crippen molar-refractivity contribution in [3.63, 3.8) is 0 Å². The molecule has 0 aliphatic carbocycles. The summed E-state index contributed by atoms with van der Waals surface area (Å²) in [7, 11) is 1.88. The molecule has 2 N–H and O–H groups in total. The Bertz CT molecular complexity index is 366. The summed E-state index contributed by atoms with van der Waals surface area (Å²) in [6, 6.07) is 4.94. The highest BCUT2D eigenvalue weighted by Crippen LogP contribution is 2.25. The standard InChI is InChI=1S/C12H18BrFN2/c1-12(2,7-15)8-16(3)11-6-9(13)4-5-10(11)14/h4-6H,7-8,15H2,1-3H3. The van der Waals surface area contributed by atoms with Crippen LogP contribution < -0.4 is 10.6 Å². The van der Waals surface area contributed by atoms with Gasteiger partial charge in [0.05, 0.1) is 5.69 Å². The molecule has 0 aromatic heterocycles. The minimum atomic E-state index is -0.210. The van der Waals surface area contributed by atoms with Crippen molar-refractivity contribution in [3.05, 3.63) is 28.5 Å². The van der Waals surface area contributed by atoms with Gasteiger partial charge in [-0.2, -0.15) is 0 Å². The predicted octanol–water partition coefficient (Wildman–Crippen LogP) is 3.01. The van der Waals surface area contributed by atoms with Crippen molar-refractivity contribution in [2.75, 3.05) is 25.0 Å². The van der Waals surface area contributed by atoms with E-state index in [4.69, 9.17) is 5.73 Å². The van der Waals surface area contributed by atoms with Gasteiger partial charge in [-0.1, -0.05) is 29.8 Å². The van der Waals surface area contributed by atoms with Crippen molar-refractivity contribution in [2.45, 2.75) is 13.8 Å². The van der Waals surface area contributed by atoms with Gasteiger partial charge >= 0.3 is 0 Å². The van der Waals surface area contributed by atoms with E-state index in [1.165, 1.54) is 6.07 Å². The predicted molar refractivity (Wildman–Crippen MR) is 70.2 cm³/mol. The molecule has 1 aromatic carbocycles. The lowest BCUT2D eigenvalue weighted by atomic mass is 9.93. The molecule has 0 bridgehead atoms.